The summed E-state index contributed by atoms with van der Waals surface area (Å²) in [4.78, 5) is 17.2. The monoisotopic (exact) mass is 454 g/mol. The van der Waals surface area contributed by atoms with E-state index in [1.807, 2.05) is 49.3 Å². The lowest BCUT2D eigenvalue weighted by molar-refractivity contribution is -0.139. The summed E-state index contributed by atoms with van der Waals surface area (Å²) in [7, 11) is 5.49. The van der Waals surface area contributed by atoms with Crippen molar-refractivity contribution in [2.24, 2.45) is 4.99 Å². The maximum atomic E-state index is 10.7. The van der Waals surface area contributed by atoms with Crippen LogP contribution < -0.4 is 14.4 Å². The Bertz CT molecular complexity index is 773. The number of rotatable bonds is 7. The second-order valence-electron chi connectivity index (χ2n) is 5.39. The number of hydrogen-bond donors (Lipinski definition) is 1. The van der Waals surface area contributed by atoms with Crippen molar-refractivity contribution in [3.8, 4) is 11.5 Å². The Kier molecular flexibility index (Phi) is 6.63. The van der Waals surface area contributed by atoms with E-state index in [1.165, 1.54) is 7.11 Å². The van der Waals surface area contributed by atoms with Crippen molar-refractivity contribution >= 4 is 46.1 Å². The number of ether oxygens (including phenoxy) is 2. The number of hydrogen-bond acceptors (Lipinski definition) is 5. The molecule has 0 bridgehead atoms. The van der Waals surface area contributed by atoms with Gasteiger partial charge in [-0.15, -0.1) is 0 Å². The highest BCUT2D eigenvalue weighted by molar-refractivity contribution is 14.1. The summed E-state index contributed by atoms with van der Waals surface area (Å²) < 4.78 is 11.3. The van der Waals surface area contributed by atoms with Crippen molar-refractivity contribution in [1.82, 2.24) is 0 Å². The highest BCUT2D eigenvalue weighted by Gasteiger charge is 2.12. The molecule has 0 aromatic heterocycles. The lowest BCUT2D eigenvalue weighted by atomic mass is 10.2. The molecule has 6 nitrogen and oxygen atoms in total. The van der Waals surface area contributed by atoms with Crippen LogP contribution in [0.15, 0.2) is 41.4 Å². The molecule has 0 aliphatic carbocycles. The quantitative estimate of drug-likeness (QED) is 0.512. The zero-order chi connectivity index (χ0) is 18.4. The molecule has 7 heteroatoms. The van der Waals surface area contributed by atoms with Crippen LogP contribution in [0.4, 0.5) is 11.4 Å². The van der Waals surface area contributed by atoms with Crippen molar-refractivity contribution in [3.63, 3.8) is 0 Å². The van der Waals surface area contributed by atoms with Crippen LogP contribution in [0, 0.1) is 3.57 Å². The van der Waals surface area contributed by atoms with Gasteiger partial charge in [-0.3, -0.25) is 4.99 Å². The predicted octanol–water partition coefficient (Wildman–Crippen LogP) is 3.58. The van der Waals surface area contributed by atoms with E-state index in [2.05, 4.69) is 27.6 Å². The van der Waals surface area contributed by atoms with Gasteiger partial charge in [0, 0.05) is 26.0 Å². The van der Waals surface area contributed by atoms with E-state index in [0.29, 0.717) is 11.5 Å². The molecule has 2 aromatic rings. The number of anilines is 1. The number of aliphatic carboxylic acids is 1. The first kappa shape index (κ1) is 19.0. The largest absolute Gasteiger partial charge is 0.493 e. The van der Waals surface area contributed by atoms with Gasteiger partial charge in [0.25, 0.3) is 0 Å². The normalized spacial score (nSPS) is 10.7. The summed E-state index contributed by atoms with van der Waals surface area (Å²) in [5.41, 5.74) is 2.78. The van der Waals surface area contributed by atoms with E-state index in [9.17, 15) is 4.79 Å². The van der Waals surface area contributed by atoms with Gasteiger partial charge in [-0.1, -0.05) is 0 Å². The summed E-state index contributed by atoms with van der Waals surface area (Å²) in [6, 6.07) is 11.5. The molecular formula is C18H19IN2O4. The summed E-state index contributed by atoms with van der Waals surface area (Å²) in [5, 5.41) is 8.76. The molecule has 0 saturated carbocycles. The molecule has 0 atom stereocenters. The second kappa shape index (κ2) is 8.70. The smallest absolute Gasteiger partial charge is 0.341 e. The fraction of sp³-hybridized carbons (Fsp3) is 0.222. The Balaban J connectivity index is 2.21. The van der Waals surface area contributed by atoms with E-state index in [-0.39, 0.29) is 0 Å². The number of methoxy groups -OCH3 is 1. The SMILES string of the molecule is COc1cc(C=Nc2ccc(N(C)C)cc2)cc(I)c1OCC(=O)O. The molecule has 0 amide bonds. The van der Waals surface area contributed by atoms with Gasteiger partial charge in [-0.05, 0) is 64.6 Å². The van der Waals surface area contributed by atoms with Crippen LogP contribution >= 0.6 is 22.6 Å². The van der Waals surface area contributed by atoms with Gasteiger partial charge in [-0.25, -0.2) is 4.79 Å². The first-order chi connectivity index (χ1) is 11.9. The summed E-state index contributed by atoms with van der Waals surface area (Å²) in [6.45, 7) is -0.419. The van der Waals surface area contributed by atoms with E-state index < -0.39 is 12.6 Å². The third-order valence-electron chi connectivity index (χ3n) is 3.32. The summed E-state index contributed by atoms with van der Waals surface area (Å²) in [6.07, 6.45) is 1.73. The molecule has 2 rings (SSSR count). The molecule has 0 unspecified atom stereocenters. The lowest BCUT2D eigenvalue weighted by Crippen LogP contribution is -2.11. The van der Waals surface area contributed by atoms with Gasteiger partial charge in [0.05, 0.1) is 16.4 Å². The minimum Gasteiger partial charge on any atom is -0.493 e. The standard InChI is InChI=1S/C18H19IN2O4/c1-21(2)14-6-4-13(5-7-14)20-10-12-8-15(19)18(16(9-12)24-3)25-11-17(22)23/h4-10H,11H2,1-3H3,(H,22,23). The molecular weight excluding hydrogens is 435 g/mol. The van der Waals surface area contributed by atoms with Crippen LogP contribution in [0.25, 0.3) is 0 Å². The maximum Gasteiger partial charge on any atom is 0.341 e. The number of nitrogens with zero attached hydrogens (tertiary/aromatic N) is 2. The van der Waals surface area contributed by atoms with Crippen molar-refractivity contribution in [1.29, 1.82) is 0 Å². The number of carboxylic acids is 1. The number of benzene rings is 2. The van der Waals surface area contributed by atoms with Gasteiger partial charge >= 0.3 is 5.97 Å². The first-order valence-electron chi connectivity index (χ1n) is 7.44. The van der Waals surface area contributed by atoms with Crippen molar-refractivity contribution < 1.29 is 19.4 Å². The molecule has 0 fully saturated rings. The van der Waals surface area contributed by atoms with Crippen molar-refractivity contribution in [3.05, 3.63) is 45.5 Å². The van der Waals surface area contributed by atoms with Crippen LogP contribution in [0.5, 0.6) is 11.5 Å². The molecule has 0 saturated heterocycles. The molecule has 0 aliphatic rings. The van der Waals surface area contributed by atoms with Crippen LogP contribution in [0.1, 0.15) is 5.56 Å². The van der Waals surface area contributed by atoms with E-state index >= 15 is 0 Å². The minimum atomic E-state index is -1.04. The molecule has 0 radical (unpaired) electrons. The predicted molar refractivity (Wildman–Crippen MR) is 107 cm³/mol. The van der Waals surface area contributed by atoms with E-state index in [4.69, 9.17) is 14.6 Å². The average Bonchev–Trinajstić information content (AvgIpc) is 2.58. The molecule has 2 aromatic carbocycles. The van der Waals surface area contributed by atoms with Gasteiger partial charge in [0.2, 0.25) is 0 Å². The topological polar surface area (TPSA) is 71.4 Å². The highest BCUT2D eigenvalue weighted by atomic mass is 127. The fourth-order valence-corrected chi connectivity index (χ4v) is 2.86. The van der Waals surface area contributed by atoms with Crippen LogP contribution in [0.3, 0.4) is 0 Å². The highest BCUT2D eigenvalue weighted by Crippen LogP contribution is 2.33. The molecule has 132 valence electrons. The number of aliphatic imine (C=N–C) groups is 1. The zero-order valence-corrected chi connectivity index (χ0v) is 16.4. The third kappa shape index (κ3) is 5.35. The van der Waals surface area contributed by atoms with Gasteiger partial charge in [-0.2, -0.15) is 0 Å². The Labute approximate surface area is 160 Å². The molecule has 0 aliphatic heterocycles. The molecule has 0 heterocycles. The Morgan fingerprint density at radius 2 is 1.96 bits per heavy atom. The lowest BCUT2D eigenvalue weighted by Gasteiger charge is -2.12. The first-order valence-corrected chi connectivity index (χ1v) is 8.52. The Hall–Kier alpha value is -2.29. The van der Waals surface area contributed by atoms with Crippen molar-refractivity contribution in [2.75, 3.05) is 32.7 Å². The zero-order valence-electron chi connectivity index (χ0n) is 14.2. The third-order valence-corrected chi connectivity index (χ3v) is 4.12. The molecule has 25 heavy (non-hydrogen) atoms. The maximum absolute atomic E-state index is 10.7. The molecule has 1 N–H and O–H groups in total. The van der Waals surface area contributed by atoms with E-state index in [1.54, 1.807) is 12.3 Å². The van der Waals surface area contributed by atoms with Crippen LogP contribution in [-0.2, 0) is 4.79 Å². The number of carbonyl (C=O) groups is 1. The Morgan fingerprint density at radius 1 is 1.28 bits per heavy atom. The van der Waals surface area contributed by atoms with E-state index in [0.717, 1.165) is 20.5 Å². The Morgan fingerprint density at radius 3 is 2.52 bits per heavy atom. The molecule has 0 spiro atoms. The second-order valence-corrected chi connectivity index (χ2v) is 6.55. The van der Waals surface area contributed by atoms with Crippen LogP contribution in [0.2, 0.25) is 0 Å². The average molecular weight is 454 g/mol. The minimum absolute atomic E-state index is 0.415. The van der Waals surface area contributed by atoms with Gasteiger partial charge < -0.3 is 19.5 Å². The van der Waals surface area contributed by atoms with Gasteiger partial charge in [0.15, 0.2) is 18.1 Å². The summed E-state index contributed by atoms with van der Waals surface area (Å²) in [5.74, 6) is -0.153. The summed E-state index contributed by atoms with van der Waals surface area (Å²) >= 11 is 2.08. The van der Waals surface area contributed by atoms with Crippen LogP contribution in [-0.4, -0.2) is 45.1 Å². The number of halogens is 1. The number of carboxylic acid groups (broad SMARTS) is 1. The van der Waals surface area contributed by atoms with Crippen molar-refractivity contribution in [2.45, 2.75) is 0 Å². The van der Waals surface area contributed by atoms with Gasteiger partial charge in [0.1, 0.15) is 0 Å². The fourth-order valence-electron chi connectivity index (χ4n) is 2.07.